The van der Waals surface area contributed by atoms with Gasteiger partial charge >= 0.3 is 0 Å². The first kappa shape index (κ1) is 14.8. The molecule has 0 radical (unpaired) electrons. The number of hydrogen-bond donors (Lipinski definition) is 1. The second-order valence-electron chi connectivity index (χ2n) is 6.33. The first-order chi connectivity index (χ1) is 10.5. The Bertz CT molecular complexity index is 679. The maximum absolute atomic E-state index is 12.2. The lowest BCUT2D eigenvalue weighted by Crippen LogP contribution is -2.13. The molecule has 1 saturated carbocycles. The van der Waals surface area contributed by atoms with Crippen molar-refractivity contribution in [1.82, 2.24) is 5.16 Å². The molecule has 1 aromatic carbocycles. The zero-order valence-corrected chi connectivity index (χ0v) is 13.4. The average molecular weight is 298 g/mol. The second-order valence-corrected chi connectivity index (χ2v) is 6.33. The van der Waals surface area contributed by atoms with Gasteiger partial charge in [-0.05, 0) is 45.6 Å². The van der Waals surface area contributed by atoms with Gasteiger partial charge in [-0.15, -0.1) is 0 Å². The second kappa shape index (κ2) is 5.95. The van der Waals surface area contributed by atoms with E-state index in [1.807, 2.05) is 6.92 Å². The van der Waals surface area contributed by atoms with Crippen LogP contribution in [0.4, 0.5) is 5.69 Å². The molecule has 3 rings (SSSR count). The van der Waals surface area contributed by atoms with E-state index in [1.54, 1.807) is 0 Å². The predicted molar refractivity (Wildman–Crippen MR) is 86.1 cm³/mol. The van der Waals surface area contributed by atoms with Crippen LogP contribution in [0.3, 0.4) is 0 Å². The number of nitrogens with zero attached hydrogens (tertiary/aromatic N) is 1. The Kier molecular flexibility index (Phi) is 4.01. The first-order valence-corrected chi connectivity index (χ1v) is 7.86. The Morgan fingerprint density at radius 2 is 1.91 bits per heavy atom. The van der Waals surface area contributed by atoms with Crippen LogP contribution in [0.5, 0.6) is 0 Å². The fourth-order valence-corrected chi connectivity index (χ4v) is 2.84. The van der Waals surface area contributed by atoms with Gasteiger partial charge in [0.25, 0.3) is 0 Å². The number of aryl methyl sites for hydroxylation is 4. The Hall–Kier alpha value is -2.10. The zero-order chi connectivity index (χ0) is 15.7. The van der Waals surface area contributed by atoms with Crippen LogP contribution in [0.15, 0.2) is 22.7 Å². The number of rotatable bonds is 5. The Labute approximate surface area is 130 Å². The van der Waals surface area contributed by atoms with Crippen LogP contribution in [-0.4, -0.2) is 11.1 Å². The highest BCUT2D eigenvalue weighted by Crippen LogP contribution is 2.44. The lowest BCUT2D eigenvalue weighted by atomic mass is 10.0. The lowest BCUT2D eigenvalue weighted by Gasteiger charge is -2.07. The van der Waals surface area contributed by atoms with Gasteiger partial charge < -0.3 is 9.84 Å². The van der Waals surface area contributed by atoms with Crippen molar-refractivity contribution in [2.24, 2.45) is 0 Å². The molecule has 0 atom stereocenters. The van der Waals surface area contributed by atoms with Crippen LogP contribution in [0.1, 0.15) is 53.3 Å². The van der Waals surface area contributed by atoms with E-state index < -0.39 is 0 Å². The molecule has 4 nitrogen and oxygen atoms in total. The molecule has 4 heteroatoms. The van der Waals surface area contributed by atoms with Gasteiger partial charge in [-0.1, -0.05) is 34.5 Å². The molecule has 0 saturated heterocycles. The van der Waals surface area contributed by atoms with Crippen molar-refractivity contribution in [2.75, 3.05) is 5.32 Å². The number of amides is 1. The van der Waals surface area contributed by atoms with Crippen LogP contribution in [0.25, 0.3) is 0 Å². The molecule has 1 aromatic heterocycles. The normalized spacial score (nSPS) is 14.1. The maximum atomic E-state index is 12.2. The fourth-order valence-electron chi connectivity index (χ4n) is 2.84. The summed E-state index contributed by atoms with van der Waals surface area (Å²) in [4.78, 5) is 12.2. The third kappa shape index (κ3) is 3.38. The van der Waals surface area contributed by atoms with Gasteiger partial charge in [0.2, 0.25) is 5.91 Å². The minimum Gasteiger partial charge on any atom is -0.359 e. The number of carbonyl (C=O) groups is 1. The third-order valence-corrected chi connectivity index (χ3v) is 4.02. The van der Waals surface area contributed by atoms with Crippen molar-refractivity contribution >= 4 is 11.6 Å². The van der Waals surface area contributed by atoms with E-state index >= 15 is 0 Å². The summed E-state index contributed by atoms with van der Waals surface area (Å²) >= 11 is 0. The minimum absolute atomic E-state index is 0.0207. The SMILES string of the molecule is Cc1cc(C)cc(CCC(=O)Nc2c(C)noc2C2CC2)c1. The number of anilines is 1. The van der Waals surface area contributed by atoms with Gasteiger partial charge in [0.05, 0.1) is 0 Å². The van der Waals surface area contributed by atoms with E-state index in [9.17, 15) is 4.79 Å². The molecule has 1 aliphatic carbocycles. The van der Waals surface area contributed by atoms with Crippen LogP contribution >= 0.6 is 0 Å². The van der Waals surface area contributed by atoms with Crippen molar-refractivity contribution in [1.29, 1.82) is 0 Å². The number of nitrogens with one attached hydrogen (secondary N) is 1. The summed E-state index contributed by atoms with van der Waals surface area (Å²) in [5, 5.41) is 6.97. The van der Waals surface area contributed by atoms with Crippen molar-refractivity contribution in [2.45, 2.75) is 52.4 Å². The highest BCUT2D eigenvalue weighted by atomic mass is 16.5. The number of carbonyl (C=O) groups excluding carboxylic acids is 1. The minimum atomic E-state index is 0.0207. The van der Waals surface area contributed by atoms with Crippen molar-refractivity contribution < 1.29 is 9.32 Å². The maximum Gasteiger partial charge on any atom is 0.224 e. The van der Waals surface area contributed by atoms with E-state index in [4.69, 9.17) is 4.52 Å². The van der Waals surface area contributed by atoms with Crippen LogP contribution in [0, 0.1) is 20.8 Å². The highest BCUT2D eigenvalue weighted by molar-refractivity contribution is 5.92. The predicted octanol–water partition coefficient (Wildman–Crippen LogP) is 4.05. The monoisotopic (exact) mass is 298 g/mol. The quantitative estimate of drug-likeness (QED) is 0.906. The smallest absolute Gasteiger partial charge is 0.224 e. The summed E-state index contributed by atoms with van der Waals surface area (Å²) in [6.07, 6.45) is 3.47. The third-order valence-electron chi connectivity index (χ3n) is 4.02. The van der Waals surface area contributed by atoms with Gasteiger partial charge in [-0.2, -0.15) is 0 Å². The summed E-state index contributed by atoms with van der Waals surface area (Å²) in [5.74, 6) is 1.31. The van der Waals surface area contributed by atoms with Gasteiger partial charge in [-0.3, -0.25) is 4.79 Å². The molecule has 1 heterocycles. The van der Waals surface area contributed by atoms with Crippen LogP contribution in [-0.2, 0) is 11.2 Å². The van der Waals surface area contributed by atoms with Crippen molar-refractivity contribution in [3.63, 3.8) is 0 Å². The number of benzene rings is 1. The zero-order valence-electron chi connectivity index (χ0n) is 13.4. The summed E-state index contributed by atoms with van der Waals surface area (Å²) in [6.45, 7) is 6.03. The van der Waals surface area contributed by atoms with Gasteiger partial charge in [-0.25, -0.2) is 0 Å². The Morgan fingerprint density at radius 1 is 1.23 bits per heavy atom. The molecule has 0 bridgehead atoms. The van der Waals surface area contributed by atoms with E-state index in [-0.39, 0.29) is 5.91 Å². The topological polar surface area (TPSA) is 55.1 Å². The van der Waals surface area contributed by atoms with E-state index in [0.717, 1.165) is 36.4 Å². The van der Waals surface area contributed by atoms with Crippen molar-refractivity contribution in [3.8, 4) is 0 Å². The van der Waals surface area contributed by atoms with Gasteiger partial charge in [0.1, 0.15) is 11.4 Å². The summed E-state index contributed by atoms with van der Waals surface area (Å²) < 4.78 is 5.35. The molecule has 22 heavy (non-hydrogen) atoms. The van der Waals surface area contributed by atoms with Gasteiger partial charge in [0, 0.05) is 12.3 Å². The standard InChI is InChI=1S/C18H22N2O2/c1-11-8-12(2)10-14(9-11)4-7-16(21)19-17-13(3)20-22-18(17)15-5-6-15/h8-10,15H,4-7H2,1-3H3,(H,19,21). The van der Waals surface area contributed by atoms with E-state index in [1.165, 1.54) is 16.7 Å². The van der Waals surface area contributed by atoms with Crippen molar-refractivity contribution in [3.05, 3.63) is 46.3 Å². The molecule has 1 N–H and O–H groups in total. The molecular formula is C18H22N2O2. The van der Waals surface area contributed by atoms with E-state index in [2.05, 4.69) is 42.5 Å². The fraction of sp³-hybridized carbons (Fsp3) is 0.444. The Balaban J connectivity index is 1.62. The largest absolute Gasteiger partial charge is 0.359 e. The molecule has 1 aliphatic rings. The summed E-state index contributed by atoms with van der Waals surface area (Å²) in [5.41, 5.74) is 5.23. The Morgan fingerprint density at radius 3 is 2.55 bits per heavy atom. The number of aromatic nitrogens is 1. The van der Waals surface area contributed by atoms with Crippen LogP contribution in [0.2, 0.25) is 0 Å². The molecule has 0 spiro atoms. The van der Waals surface area contributed by atoms with Gasteiger partial charge in [0.15, 0.2) is 5.76 Å². The number of hydrogen-bond acceptors (Lipinski definition) is 3. The summed E-state index contributed by atoms with van der Waals surface area (Å²) in [7, 11) is 0. The van der Waals surface area contributed by atoms with Crippen LogP contribution < -0.4 is 5.32 Å². The molecule has 0 unspecified atom stereocenters. The highest BCUT2D eigenvalue weighted by Gasteiger charge is 2.32. The molecule has 116 valence electrons. The molecule has 2 aromatic rings. The summed E-state index contributed by atoms with van der Waals surface area (Å²) in [6, 6.07) is 6.42. The molecule has 0 aliphatic heterocycles. The molecule has 1 amide bonds. The lowest BCUT2D eigenvalue weighted by molar-refractivity contribution is -0.116. The molecule has 1 fully saturated rings. The van der Waals surface area contributed by atoms with E-state index in [0.29, 0.717) is 12.3 Å². The molecular weight excluding hydrogens is 276 g/mol. The average Bonchev–Trinajstić information content (AvgIpc) is 3.22. The first-order valence-electron chi connectivity index (χ1n) is 7.86.